The molecule has 0 radical (unpaired) electrons. The van der Waals surface area contributed by atoms with E-state index in [9.17, 15) is 9.59 Å². The van der Waals surface area contributed by atoms with Gasteiger partial charge < -0.3 is 19.7 Å². The normalized spacial score (nSPS) is 10.9. The Morgan fingerprint density at radius 3 is 2.11 bits per heavy atom. The van der Waals surface area contributed by atoms with Crippen molar-refractivity contribution < 1.29 is 29.3 Å². The molecule has 6 nitrogen and oxygen atoms in total. The predicted molar refractivity (Wildman–Crippen MR) is 68.2 cm³/mol. The molecule has 0 unspecified atom stereocenters. The summed E-state index contributed by atoms with van der Waals surface area (Å²) >= 11 is 0. The van der Waals surface area contributed by atoms with E-state index in [2.05, 4.69) is 6.58 Å². The summed E-state index contributed by atoms with van der Waals surface area (Å²) < 4.78 is 9.77. The summed E-state index contributed by atoms with van der Waals surface area (Å²) in [7, 11) is 0. The van der Waals surface area contributed by atoms with Gasteiger partial charge in [-0.1, -0.05) is 13.5 Å². The first-order valence-electron chi connectivity index (χ1n) is 6.15. The second kappa shape index (κ2) is 8.66. The molecule has 6 heteroatoms. The van der Waals surface area contributed by atoms with Crippen molar-refractivity contribution in [2.75, 3.05) is 26.4 Å². The van der Waals surface area contributed by atoms with Crippen LogP contribution in [-0.4, -0.2) is 48.6 Å². The van der Waals surface area contributed by atoms with Crippen LogP contribution in [0.1, 0.15) is 26.7 Å². The van der Waals surface area contributed by atoms with Crippen LogP contribution < -0.4 is 0 Å². The molecule has 0 spiro atoms. The van der Waals surface area contributed by atoms with Gasteiger partial charge in [-0.05, 0) is 13.3 Å². The van der Waals surface area contributed by atoms with Crippen LogP contribution in [0.3, 0.4) is 0 Å². The third kappa shape index (κ3) is 5.40. The molecule has 0 saturated carbocycles. The number of hydrogen-bond donors (Lipinski definition) is 2. The van der Waals surface area contributed by atoms with Crippen molar-refractivity contribution in [1.82, 2.24) is 0 Å². The van der Waals surface area contributed by atoms with Crippen LogP contribution in [0.5, 0.6) is 0 Å². The highest BCUT2D eigenvalue weighted by molar-refractivity contribution is 5.86. The zero-order valence-corrected chi connectivity index (χ0v) is 11.5. The van der Waals surface area contributed by atoms with Gasteiger partial charge in [0.15, 0.2) is 0 Å². The number of aliphatic hydroxyl groups is 2. The highest BCUT2D eigenvalue weighted by Crippen LogP contribution is 2.22. The van der Waals surface area contributed by atoms with Gasteiger partial charge in [-0.3, -0.25) is 4.79 Å². The smallest absolute Gasteiger partial charge is 0.333 e. The largest absolute Gasteiger partial charge is 0.465 e. The van der Waals surface area contributed by atoms with Crippen molar-refractivity contribution in [2.24, 2.45) is 5.41 Å². The van der Waals surface area contributed by atoms with Crippen molar-refractivity contribution in [1.29, 1.82) is 0 Å². The number of ether oxygens (including phenoxy) is 2. The molecule has 0 aliphatic heterocycles. The second-order valence-corrected chi connectivity index (χ2v) is 4.36. The molecule has 0 fully saturated rings. The van der Waals surface area contributed by atoms with E-state index in [0.717, 1.165) is 0 Å². The van der Waals surface area contributed by atoms with Crippen LogP contribution in [0, 0.1) is 5.41 Å². The maximum atomic E-state index is 11.7. The predicted octanol–water partition coefficient (Wildman–Crippen LogP) is 0.420. The maximum Gasteiger partial charge on any atom is 0.333 e. The van der Waals surface area contributed by atoms with E-state index >= 15 is 0 Å². The lowest BCUT2D eigenvalue weighted by atomic mass is 9.87. The minimum atomic E-state index is -1.26. The number of aliphatic hydroxyl groups excluding tert-OH is 2. The van der Waals surface area contributed by atoms with Gasteiger partial charge in [0.1, 0.15) is 5.41 Å². The van der Waals surface area contributed by atoms with Gasteiger partial charge in [0.2, 0.25) is 0 Å². The summed E-state index contributed by atoms with van der Waals surface area (Å²) in [6.07, 6.45) is 0.630. The molecule has 0 rings (SSSR count). The quantitative estimate of drug-likeness (QED) is 0.359. The Morgan fingerprint density at radius 2 is 1.68 bits per heavy atom. The summed E-state index contributed by atoms with van der Waals surface area (Å²) in [5, 5.41) is 18.3. The van der Waals surface area contributed by atoms with Crippen molar-refractivity contribution in [3.05, 3.63) is 12.2 Å². The molecule has 19 heavy (non-hydrogen) atoms. The number of rotatable bonds is 9. The molecule has 0 bridgehead atoms. The van der Waals surface area contributed by atoms with Gasteiger partial charge in [0, 0.05) is 12.0 Å². The van der Waals surface area contributed by atoms with E-state index in [4.69, 9.17) is 19.7 Å². The van der Waals surface area contributed by atoms with Gasteiger partial charge in [-0.15, -0.1) is 0 Å². The molecule has 0 aliphatic carbocycles. The lowest BCUT2D eigenvalue weighted by Crippen LogP contribution is -2.39. The monoisotopic (exact) mass is 274 g/mol. The van der Waals surface area contributed by atoms with Crippen LogP contribution in [0.15, 0.2) is 12.2 Å². The molecule has 0 amide bonds. The highest BCUT2D eigenvalue weighted by Gasteiger charge is 2.37. The molecule has 2 N–H and O–H groups in total. The average molecular weight is 274 g/mol. The van der Waals surface area contributed by atoms with Gasteiger partial charge in [0.25, 0.3) is 0 Å². The summed E-state index contributed by atoms with van der Waals surface area (Å²) in [6, 6.07) is 0. The Balaban J connectivity index is 3.98. The van der Waals surface area contributed by atoms with Crippen molar-refractivity contribution in [2.45, 2.75) is 26.7 Å². The van der Waals surface area contributed by atoms with E-state index < -0.39 is 30.6 Å². The maximum absolute atomic E-state index is 11.7. The van der Waals surface area contributed by atoms with Crippen LogP contribution in [0.4, 0.5) is 0 Å². The van der Waals surface area contributed by atoms with Crippen molar-refractivity contribution >= 4 is 11.9 Å². The molecule has 0 atom stereocenters. The Morgan fingerprint density at radius 1 is 1.16 bits per heavy atom. The van der Waals surface area contributed by atoms with Crippen LogP contribution in [0.25, 0.3) is 0 Å². The lowest BCUT2D eigenvalue weighted by molar-refractivity contribution is -0.162. The molecular weight excluding hydrogens is 252 g/mol. The first-order valence-corrected chi connectivity index (χ1v) is 6.15. The summed E-state index contributed by atoms with van der Waals surface area (Å²) in [5.41, 5.74) is -0.948. The highest BCUT2D eigenvalue weighted by atomic mass is 16.5. The Hall–Kier alpha value is -1.40. The molecule has 110 valence electrons. The SMILES string of the molecule is C=C(C)C(=O)OCCCOC(=O)C(CC)(CO)CO. The summed E-state index contributed by atoms with van der Waals surface area (Å²) in [5.74, 6) is -1.13. The molecule has 0 aromatic rings. The molecule has 0 saturated heterocycles. The zero-order valence-electron chi connectivity index (χ0n) is 11.5. The fourth-order valence-corrected chi connectivity index (χ4v) is 1.21. The Kier molecular flexibility index (Phi) is 8.02. The van der Waals surface area contributed by atoms with Crippen LogP contribution in [0.2, 0.25) is 0 Å². The minimum Gasteiger partial charge on any atom is -0.465 e. The van der Waals surface area contributed by atoms with Crippen molar-refractivity contribution in [3.63, 3.8) is 0 Å². The van der Waals surface area contributed by atoms with Crippen molar-refractivity contribution in [3.8, 4) is 0 Å². The number of hydrogen-bond acceptors (Lipinski definition) is 6. The molecule has 0 aliphatic rings. The number of carbonyl (C=O) groups excluding carboxylic acids is 2. The standard InChI is InChI=1S/C13H22O6/c1-4-13(8-14,9-15)12(17)19-7-5-6-18-11(16)10(2)3/h14-15H,2,4-9H2,1,3H3. The lowest BCUT2D eigenvalue weighted by Gasteiger charge is -2.25. The van der Waals surface area contributed by atoms with Gasteiger partial charge in [-0.25, -0.2) is 4.79 Å². The Bertz CT molecular complexity index is 311. The van der Waals surface area contributed by atoms with E-state index in [0.29, 0.717) is 12.0 Å². The Labute approximate surface area is 113 Å². The molecular formula is C13H22O6. The minimum absolute atomic E-state index is 0.0596. The third-order valence-electron chi connectivity index (χ3n) is 2.82. The van der Waals surface area contributed by atoms with Gasteiger partial charge in [-0.2, -0.15) is 0 Å². The first-order chi connectivity index (χ1) is 8.93. The van der Waals surface area contributed by atoms with E-state index in [-0.39, 0.29) is 19.6 Å². The average Bonchev–Trinajstić information content (AvgIpc) is 2.40. The molecule has 0 aromatic heterocycles. The molecule has 0 heterocycles. The summed E-state index contributed by atoms with van der Waals surface area (Å²) in [4.78, 5) is 22.7. The van der Waals surface area contributed by atoms with Gasteiger partial charge in [0.05, 0.1) is 26.4 Å². The topological polar surface area (TPSA) is 93.1 Å². The second-order valence-electron chi connectivity index (χ2n) is 4.36. The van der Waals surface area contributed by atoms with Crippen LogP contribution in [-0.2, 0) is 19.1 Å². The van der Waals surface area contributed by atoms with E-state index in [1.165, 1.54) is 0 Å². The summed E-state index contributed by atoms with van der Waals surface area (Å²) in [6.45, 7) is 5.90. The van der Waals surface area contributed by atoms with Gasteiger partial charge >= 0.3 is 11.9 Å². The number of carbonyl (C=O) groups is 2. The fraction of sp³-hybridized carbons (Fsp3) is 0.692. The zero-order chi connectivity index (χ0) is 14.9. The third-order valence-corrected chi connectivity index (χ3v) is 2.82. The fourth-order valence-electron chi connectivity index (χ4n) is 1.21. The van der Waals surface area contributed by atoms with E-state index in [1.807, 2.05) is 0 Å². The van der Waals surface area contributed by atoms with E-state index in [1.54, 1.807) is 13.8 Å². The van der Waals surface area contributed by atoms with Crippen LogP contribution >= 0.6 is 0 Å². The number of esters is 2. The first kappa shape index (κ1) is 17.6. The molecule has 0 aromatic carbocycles.